The van der Waals surface area contributed by atoms with Crippen molar-refractivity contribution in [2.45, 2.75) is 32.0 Å². The van der Waals surface area contributed by atoms with E-state index in [0.29, 0.717) is 30.6 Å². The lowest BCUT2D eigenvalue weighted by Crippen LogP contribution is -2.48. The summed E-state index contributed by atoms with van der Waals surface area (Å²) in [5, 5.41) is 0. The van der Waals surface area contributed by atoms with Gasteiger partial charge in [0.15, 0.2) is 6.10 Å². The fourth-order valence-electron chi connectivity index (χ4n) is 2.90. The van der Waals surface area contributed by atoms with E-state index in [4.69, 9.17) is 14.2 Å². The SMILES string of the molecule is COc1cncc(OC2CCCN(C(=O)C(C)Oc3ccccc3)C2)n1. The molecule has 1 aliphatic rings. The maximum Gasteiger partial charge on any atom is 0.263 e. The van der Waals surface area contributed by atoms with Gasteiger partial charge in [0.05, 0.1) is 26.0 Å². The van der Waals surface area contributed by atoms with Crippen molar-refractivity contribution in [3.05, 3.63) is 42.7 Å². The van der Waals surface area contributed by atoms with E-state index < -0.39 is 6.10 Å². The van der Waals surface area contributed by atoms with Crippen molar-refractivity contribution in [3.63, 3.8) is 0 Å². The Bertz CT molecular complexity index is 726. The predicted molar refractivity (Wildman–Crippen MR) is 95.3 cm³/mol. The number of nitrogens with zero attached hydrogens (tertiary/aromatic N) is 3. The number of para-hydroxylation sites is 1. The van der Waals surface area contributed by atoms with Gasteiger partial charge in [-0.25, -0.2) is 0 Å². The quantitative estimate of drug-likeness (QED) is 0.790. The molecule has 0 N–H and O–H groups in total. The molecule has 0 aliphatic carbocycles. The molecule has 2 heterocycles. The zero-order chi connectivity index (χ0) is 18.4. The fraction of sp³-hybridized carbons (Fsp3) is 0.421. The number of benzene rings is 1. The van der Waals surface area contributed by atoms with Crippen LogP contribution in [0.5, 0.6) is 17.5 Å². The molecule has 0 saturated carbocycles. The lowest BCUT2D eigenvalue weighted by Gasteiger charge is -2.34. The zero-order valence-corrected chi connectivity index (χ0v) is 15.0. The molecular formula is C19H23N3O4. The minimum Gasteiger partial charge on any atom is -0.481 e. The molecule has 3 rings (SSSR count). The Morgan fingerprint density at radius 1 is 1.23 bits per heavy atom. The number of ether oxygens (including phenoxy) is 3. The van der Waals surface area contributed by atoms with Crippen LogP contribution in [-0.4, -0.2) is 53.2 Å². The summed E-state index contributed by atoms with van der Waals surface area (Å²) < 4.78 is 16.7. The van der Waals surface area contributed by atoms with Crippen molar-refractivity contribution in [2.24, 2.45) is 0 Å². The average molecular weight is 357 g/mol. The highest BCUT2D eigenvalue weighted by atomic mass is 16.5. The molecule has 1 saturated heterocycles. The van der Waals surface area contributed by atoms with Crippen molar-refractivity contribution in [1.82, 2.24) is 14.9 Å². The molecular weight excluding hydrogens is 334 g/mol. The van der Waals surface area contributed by atoms with Gasteiger partial charge in [0.1, 0.15) is 11.9 Å². The summed E-state index contributed by atoms with van der Waals surface area (Å²) in [6.45, 7) is 2.97. The Labute approximate surface area is 152 Å². The number of piperidine rings is 1. The van der Waals surface area contributed by atoms with Gasteiger partial charge >= 0.3 is 0 Å². The number of rotatable bonds is 6. The zero-order valence-electron chi connectivity index (χ0n) is 15.0. The van der Waals surface area contributed by atoms with Crippen LogP contribution in [0.15, 0.2) is 42.7 Å². The second-order valence-corrected chi connectivity index (χ2v) is 6.14. The summed E-state index contributed by atoms with van der Waals surface area (Å²) >= 11 is 0. The molecule has 0 bridgehead atoms. The molecule has 1 aromatic heterocycles. The summed E-state index contributed by atoms with van der Waals surface area (Å²) in [6.07, 6.45) is 4.12. The van der Waals surface area contributed by atoms with Gasteiger partial charge in [0.2, 0.25) is 11.8 Å². The Balaban J connectivity index is 1.57. The molecule has 2 atom stereocenters. The van der Waals surface area contributed by atoms with Crippen LogP contribution < -0.4 is 14.2 Å². The van der Waals surface area contributed by atoms with Crippen LogP contribution in [0.3, 0.4) is 0 Å². The summed E-state index contributed by atoms with van der Waals surface area (Å²) in [6, 6.07) is 9.35. The molecule has 7 nitrogen and oxygen atoms in total. The number of hydrogen-bond acceptors (Lipinski definition) is 6. The van der Waals surface area contributed by atoms with E-state index in [1.807, 2.05) is 30.3 Å². The second kappa shape index (κ2) is 8.51. The minimum atomic E-state index is -0.548. The van der Waals surface area contributed by atoms with Crippen molar-refractivity contribution in [3.8, 4) is 17.5 Å². The van der Waals surface area contributed by atoms with E-state index in [0.717, 1.165) is 12.8 Å². The predicted octanol–water partition coefficient (Wildman–Crippen LogP) is 2.32. The third-order valence-corrected chi connectivity index (χ3v) is 4.18. The van der Waals surface area contributed by atoms with E-state index in [1.165, 1.54) is 13.3 Å². The molecule has 0 spiro atoms. The van der Waals surface area contributed by atoms with Gasteiger partial charge in [-0.15, -0.1) is 0 Å². The summed E-state index contributed by atoms with van der Waals surface area (Å²) in [4.78, 5) is 22.7. The van der Waals surface area contributed by atoms with Crippen LogP contribution in [-0.2, 0) is 4.79 Å². The van der Waals surface area contributed by atoms with Crippen LogP contribution in [0.4, 0.5) is 0 Å². The first-order valence-corrected chi connectivity index (χ1v) is 8.69. The van der Waals surface area contributed by atoms with Crippen molar-refractivity contribution in [2.75, 3.05) is 20.2 Å². The number of likely N-dealkylation sites (tertiary alicyclic amines) is 1. The van der Waals surface area contributed by atoms with Crippen LogP contribution in [0, 0.1) is 0 Å². The third-order valence-electron chi connectivity index (χ3n) is 4.18. The molecule has 1 fully saturated rings. The van der Waals surface area contributed by atoms with Crippen molar-refractivity contribution in [1.29, 1.82) is 0 Å². The molecule has 1 amide bonds. The first kappa shape index (κ1) is 18.0. The Morgan fingerprint density at radius 2 is 2.00 bits per heavy atom. The smallest absolute Gasteiger partial charge is 0.263 e. The van der Waals surface area contributed by atoms with E-state index >= 15 is 0 Å². The van der Waals surface area contributed by atoms with E-state index in [2.05, 4.69) is 9.97 Å². The number of carbonyl (C=O) groups excluding carboxylic acids is 1. The Hall–Kier alpha value is -2.83. The highest BCUT2D eigenvalue weighted by molar-refractivity contribution is 5.81. The van der Waals surface area contributed by atoms with Gasteiger partial charge in [-0.3, -0.25) is 9.78 Å². The largest absolute Gasteiger partial charge is 0.481 e. The van der Waals surface area contributed by atoms with E-state index in [1.54, 1.807) is 18.0 Å². The summed E-state index contributed by atoms with van der Waals surface area (Å²) in [5.74, 6) is 1.44. The van der Waals surface area contributed by atoms with Gasteiger partial charge < -0.3 is 19.1 Å². The van der Waals surface area contributed by atoms with Gasteiger partial charge in [0, 0.05) is 6.54 Å². The summed E-state index contributed by atoms with van der Waals surface area (Å²) in [7, 11) is 1.53. The number of carbonyl (C=O) groups is 1. The van der Waals surface area contributed by atoms with Gasteiger partial charge in [-0.2, -0.15) is 4.98 Å². The standard InChI is InChI=1S/C19H23N3O4/c1-14(25-15-7-4-3-5-8-15)19(23)22-10-6-9-16(13-22)26-18-12-20-11-17(21-18)24-2/h3-5,7-8,11-12,14,16H,6,9-10,13H2,1-2H3. The number of amides is 1. The molecule has 138 valence electrons. The van der Waals surface area contributed by atoms with Crippen molar-refractivity contribution >= 4 is 5.91 Å². The highest BCUT2D eigenvalue weighted by Gasteiger charge is 2.29. The summed E-state index contributed by atoms with van der Waals surface area (Å²) in [5.41, 5.74) is 0. The van der Waals surface area contributed by atoms with Crippen molar-refractivity contribution < 1.29 is 19.0 Å². The molecule has 0 radical (unpaired) electrons. The highest BCUT2D eigenvalue weighted by Crippen LogP contribution is 2.19. The lowest BCUT2D eigenvalue weighted by atomic mass is 10.1. The van der Waals surface area contributed by atoms with Crippen LogP contribution in [0.1, 0.15) is 19.8 Å². The molecule has 26 heavy (non-hydrogen) atoms. The maximum atomic E-state index is 12.7. The average Bonchev–Trinajstić information content (AvgIpc) is 2.68. The second-order valence-electron chi connectivity index (χ2n) is 6.14. The number of methoxy groups -OCH3 is 1. The Morgan fingerprint density at radius 3 is 2.77 bits per heavy atom. The lowest BCUT2D eigenvalue weighted by molar-refractivity contribution is -0.140. The number of hydrogen-bond donors (Lipinski definition) is 0. The minimum absolute atomic E-state index is 0.0427. The molecule has 1 aliphatic heterocycles. The monoisotopic (exact) mass is 357 g/mol. The first-order valence-electron chi connectivity index (χ1n) is 8.69. The molecule has 7 heteroatoms. The normalized spacial score (nSPS) is 18.1. The van der Waals surface area contributed by atoms with Crippen LogP contribution in [0.25, 0.3) is 0 Å². The van der Waals surface area contributed by atoms with Crippen LogP contribution in [0.2, 0.25) is 0 Å². The molecule has 1 aromatic carbocycles. The van der Waals surface area contributed by atoms with Gasteiger partial charge in [-0.05, 0) is 31.9 Å². The van der Waals surface area contributed by atoms with E-state index in [9.17, 15) is 4.79 Å². The first-order chi connectivity index (χ1) is 12.7. The maximum absolute atomic E-state index is 12.7. The van der Waals surface area contributed by atoms with Gasteiger partial charge in [0.25, 0.3) is 5.91 Å². The van der Waals surface area contributed by atoms with Gasteiger partial charge in [-0.1, -0.05) is 18.2 Å². The fourth-order valence-corrected chi connectivity index (χ4v) is 2.90. The van der Waals surface area contributed by atoms with Crippen LogP contribution >= 0.6 is 0 Å². The molecule has 2 aromatic rings. The number of aromatic nitrogens is 2. The van der Waals surface area contributed by atoms with E-state index in [-0.39, 0.29) is 12.0 Å². The topological polar surface area (TPSA) is 73.8 Å². The molecule has 2 unspecified atom stereocenters. The Kier molecular flexibility index (Phi) is 5.88. The third kappa shape index (κ3) is 4.62.